The highest BCUT2D eigenvalue weighted by atomic mass is 16.5. The van der Waals surface area contributed by atoms with Gasteiger partial charge in [-0.25, -0.2) is 0 Å². The van der Waals surface area contributed by atoms with Crippen molar-refractivity contribution >= 4 is 0 Å². The summed E-state index contributed by atoms with van der Waals surface area (Å²) in [5.74, 6) is 1.01. The Kier molecular flexibility index (Phi) is 3.49. The minimum Gasteiger partial charge on any atom is -0.496 e. The molecule has 1 aromatic carbocycles. The molecule has 1 fully saturated rings. The van der Waals surface area contributed by atoms with Gasteiger partial charge in [-0.2, -0.15) is 0 Å². The van der Waals surface area contributed by atoms with E-state index < -0.39 is 0 Å². The van der Waals surface area contributed by atoms with Crippen LogP contribution in [0.25, 0.3) is 0 Å². The highest BCUT2D eigenvalue weighted by Crippen LogP contribution is 2.24. The molecule has 0 aliphatic heterocycles. The lowest BCUT2D eigenvalue weighted by atomic mass is 9.93. The normalized spacial score (nSPS) is 15.9. The zero-order valence-corrected chi connectivity index (χ0v) is 10.5. The molecule has 1 aliphatic carbocycles. The number of hydrogen-bond donors (Lipinski definition) is 1. The van der Waals surface area contributed by atoms with Crippen molar-refractivity contribution in [1.82, 2.24) is 5.32 Å². The van der Waals surface area contributed by atoms with Crippen molar-refractivity contribution in [2.45, 2.75) is 45.7 Å². The van der Waals surface area contributed by atoms with E-state index in [1.807, 2.05) is 0 Å². The van der Waals surface area contributed by atoms with Crippen LogP contribution < -0.4 is 10.1 Å². The van der Waals surface area contributed by atoms with E-state index in [0.717, 1.165) is 18.3 Å². The van der Waals surface area contributed by atoms with Crippen LogP contribution in [0.5, 0.6) is 5.75 Å². The molecule has 0 amide bonds. The van der Waals surface area contributed by atoms with Gasteiger partial charge in [-0.15, -0.1) is 0 Å². The largest absolute Gasteiger partial charge is 0.496 e. The minimum atomic E-state index is 0.728. The van der Waals surface area contributed by atoms with E-state index in [1.54, 1.807) is 7.11 Å². The fraction of sp³-hybridized carbons (Fsp3) is 0.571. The molecule has 2 nitrogen and oxygen atoms in total. The molecular weight excluding hydrogens is 198 g/mol. The van der Waals surface area contributed by atoms with Gasteiger partial charge in [0.15, 0.2) is 0 Å². The van der Waals surface area contributed by atoms with E-state index in [2.05, 4.69) is 31.3 Å². The SMILES string of the molecule is COc1cc(C)c(C)cc1CNC1CCC1. The second kappa shape index (κ2) is 4.88. The molecule has 0 bridgehead atoms. The van der Waals surface area contributed by atoms with Gasteiger partial charge >= 0.3 is 0 Å². The van der Waals surface area contributed by atoms with E-state index >= 15 is 0 Å². The Bertz CT molecular complexity index is 369. The third kappa shape index (κ3) is 2.38. The molecule has 0 saturated heterocycles. The smallest absolute Gasteiger partial charge is 0.123 e. The molecule has 88 valence electrons. The quantitative estimate of drug-likeness (QED) is 0.840. The zero-order chi connectivity index (χ0) is 11.5. The van der Waals surface area contributed by atoms with Gasteiger partial charge in [-0.1, -0.05) is 12.5 Å². The van der Waals surface area contributed by atoms with Gasteiger partial charge in [0, 0.05) is 18.2 Å². The van der Waals surface area contributed by atoms with Crippen molar-refractivity contribution in [2.75, 3.05) is 7.11 Å². The van der Waals surface area contributed by atoms with Gasteiger partial charge in [-0.05, 0) is 43.9 Å². The van der Waals surface area contributed by atoms with Crippen LogP contribution in [0.3, 0.4) is 0 Å². The average molecular weight is 219 g/mol. The summed E-state index contributed by atoms with van der Waals surface area (Å²) in [6, 6.07) is 5.10. The average Bonchev–Trinajstić information content (AvgIpc) is 2.20. The topological polar surface area (TPSA) is 21.3 Å². The molecule has 0 spiro atoms. The standard InChI is InChI=1S/C14H21NO/c1-10-7-12(9-15-13-5-4-6-13)14(16-3)8-11(10)2/h7-8,13,15H,4-6,9H2,1-3H3. The van der Waals surface area contributed by atoms with Crippen LogP contribution in [0.15, 0.2) is 12.1 Å². The fourth-order valence-electron chi connectivity index (χ4n) is 2.04. The Balaban J connectivity index is 2.08. The Hall–Kier alpha value is -1.02. The highest BCUT2D eigenvalue weighted by Gasteiger charge is 2.17. The van der Waals surface area contributed by atoms with E-state index in [-0.39, 0.29) is 0 Å². The van der Waals surface area contributed by atoms with Crippen molar-refractivity contribution in [3.63, 3.8) is 0 Å². The van der Waals surface area contributed by atoms with Crippen molar-refractivity contribution in [1.29, 1.82) is 0 Å². The van der Waals surface area contributed by atoms with Crippen LogP contribution in [0, 0.1) is 13.8 Å². The Morgan fingerprint density at radius 2 is 1.94 bits per heavy atom. The van der Waals surface area contributed by atoms with Crippen molar-refractivity contribution < 1.29 is 4.74 Å². The summed E-state index contributed by atoms with van der Waals surface area (Å²) >= 11 is 0. The molecule has 0 aromatic heterocycles. The van der Waals surface area contributed by atoms with Crippen LogP contribution in [-0.2, 0) is 6.54 Å². The third-order valence-electron chi connectivity index (χ3n) is 3.58. The maximum atomic E-state index is 5.43. The number of rotatable bonds is 4. The molecule has 0 atom stereocenters. The number of hydrogen-bond acceptors (Lipinski definition) is 2. The Morgan fingerprint density at radius 3 is 2.50 bits per heavy atom. The first-order valence-corrected chi connectivity index (χ1v) is 6.08. The van der Waals surface area contributed by atoms with Crippen LogP contribution in [0.1, 0.15) is 36.0 Å². The first kappa shape index (κ1) is 11.5. The lowest BCUT2D eigenvalue weighted by molar-refractivity contribution is 0.334. The van der Waals surface area contributed by atoms with Gasteiger partial charge in [0.1, 0.15) is 5.75 Å². The maximum absolute atomic E-state index is 5.43. The zero-order valence-electron chi connectivity index (χ0n) is 10.5. The van der Waals surface area contributed by atoms with Crippen molar-refractivity contribution in [3.05, 3.63) is 28.8 Å². The lowest BCUT2D eigenvalue weighted by Gasteiger charge is -2.27. The predicted octanol–water partition coefficient (Wildman–Crippen LogP) is 2.95. The number of nitrogens with one attached hydrogen (secondary N) is 1. The molecule has 0 unspecified atom stereocenters. The first-order valence-electron chi connectivity index (χ1n) is 6.08. The Labute approximate surface area is 98.0 Å². The summed E-state index contributed by atoms with van der Waals surface area (Å²) in [5.41, 5.74) is 3.91. The number of ether oxygens (including phenoxy) is 1. The molecule has 2 rings (SSSR count). The fourth-order valence-corrected chi connectivity index (χ4v) is 2.04. The van der Waals surface area contributed by atoms with Gasteiger partial charge in [0.05, 0.1) is 7.11 Å². The number of methoxy groups -OCH3 is 1. The summed E-state index contributed by atoms with van der Waals surface area (Å²) in [4.78, 5) is 0. The summed E-state index contributed by atoms with van der Waals surface area (Å²) in [6.45, 7) is 5.21. The molecule has 0 heterocycles. The molecule has 1 saturated carbocycles. The lowest BCUT2D eigenvalue weighted by Crippen LogP contribution is -2.34. The molecule has 1 aromatic rings. The van der Waals surface area contributed by atoms with Gasteiger partial charge < -0.3 is 10.1 Å². The number of benzene rings is 1. The summed E-state index contributed by atoms with van der Waals surface area (Å²) in [6.07, 6.45) is 4.03. The molecule has 2 heteroatoms. The van der Waals surface area contributed by atoms with E-state index in [4.69, 9.17) is 4.74 Å². The van der Waals surface area contributed by atoms with Crippen molar-refractivity contribution in [2.24, 2.45) is 0 Å². The van der Waals surface area contributed by atoms with Crippen LogP contribution in [0.2, 0.25) is 0 Å². The highest BCUT2D eigenvalue weighted by molar-refractivity contribution is 5.41. The molecule has 1 aliphatic rings. The van der Waals surface area contributed by atoms with E-state index in [9.17, 15) is 0 Å². The van der Waals surface area contributed by atoms with Crippen LogP contribution >= 0.6 is 0 Å². The first-order chi connectivity index (χ1) is 7.70. The molecular formula is C14H21NO. The monoisotopic (exact) mass is 219 g/mol. The molecule has 16 heavy (non-hydrogen) atoms. The van der Waals surface area contributed by atoms with E-state index in [0.29, 0.717) is 0 Å². The van der Waals surface area contributed by atoms with Gasteiger partial charge in [0.2, 0.25) is 0 Å². The minimum absolute atomic E-state index is 0.728. The van der Waals surface area contributed by atoms with Crippen LogP contribution in [-0.4, -0.2) is 13.2 Å². The molecule has 1 N–H and O–H groups in total. The second-order valence-corrected chi connectivity index (χ2v) is 4.76. The Morgan fingerprint density at radius 1 is 1.25 bits per heavy atom. The number of aryl methyl sites for hydroxylation is 2. The van der Waals surface area contributed by atoms with E-state index in [1.165, 1.54) is 36.0 Å². The maximum Gasteiger partial charge on any atom is 0.123 e. The summed E-state index contributed by atoms with van der Waals surface area (Å²) in [7, 11) is 1.75. The second-order valence-electron chi connectivity index (χ2n) is 4.76. The third-order valence-corrected chi connectivity index (χ3v) is 3.58. The summed E-state index contributed by atoms with van der Waals surface area (Å²) < 4.78 is 5.43. The predicted molar refractivity (Wildman–Crippen MR) is 66.9 cm³/mol. The van der Waals surface area contributed by atoms with Crippen LogP contribution in [0.4, 0.5) is 0 Å². The van der Waals surface area contributed by atoms with Crippen molar-refractivity contribution in [3.8, 4) is 5.75 Å². The summed E-state index contributed by atoms with van der Waals surface area (Å²) in [5, 5.41) is 3.58. The molecule has 0 radical (unpaired) electrons. The van der Waals surface area contributed by atoms with Gasteiger partial charge in [-0.3, -0.25) is 0 Å². The van der Waals surface area contributed by atoms with Gasteiger partial charge in [0.25, 0.3) is 0 Å².